The molecule has 1 heterocycles. The van der Waals surface area contributed by atoms with Crippen molar-refractivity contribution in [2.75, 3.05) is 11.1 Å². The summed E-state index contributed by atoms with van der Waals surface area (Å²) in [7, 11) is 0. The molecule has 0 aromatic heterocycles. The molecular weight excluding hydrogens is 276 g/mol. The second kappa shape index (κ2) is 6.43. The predicted molar refractivity (Wildman–Crippen MR) is 94.3 cm³/mol. The average molecular weight is 302 g/mol. The number of rotatable bonds is 3. The van der Waals surface area contributed by atoms with Crippen LogP contribution in [0.5, 0.6) is 0 Å². The Hall–Kier alpha value is -0.960. The molecule has 1 spiro atoms. The largest absolute Gasteiger partial charge is 0.335 e. The molecule has 1 aliphatic heterocycles. The summed E-state index contributed by atoms with van der Waals surface area (Å²) in [6, 6.07) is 8.82. The Morgan fingerprint density at radius 2 is 1.95 bits per heavy atom. The number of thioether (sulfide) groups is 1. The predicted octanol–water partition coefficient (Wildman–Crippen LogP) is 5.10. The summed E-state index contributed by atoms with van der Waals surface area (Å²) in [5.41, 5.74) is 2.82. The number of aryl methyl sites for hydroxylation is 1. The van der Waals surface area contributed by atoms with Crippen molar-refractivity contribution in [3.05, 3.63) is 29.8 Å². The summed E-state index contributed by atoms with van der Waals surface area (Å²) in [5, 5.41) is 4.62. The molecule has 1 saturated carbocycles. The van der Waals surface area contributed by atoms with Crippen LogP contribution in [0.4, 0.5) is 5.69 Å². The molecule has 1 aliphatic carbocycles. The number of nitrogens with zero attached hydrogens (tertiary/aromatic N) is 1. The Balaban J connectivity index is 1.63. The first-order valence-electron chi connectivity index (χ1n) is 8.28. The van der Waals surface area contributed by atoms with E-state index in [-0.39, 0.29) is 5.54 Å². The SMILES string of the molecule is CCCc1ccc(NC2=NC3(CCC(C)CC3)CS2)cc1. The van der Waals surface area contributed by atoms with E-state index in [0.29, 0.717) is 0 Å². The van der Waals surface area contributed by atoms with Crippen molar-refractivity contribution in [2.45, 2.75) is 57.9 Å². The number of amidine groups is 1. The highest BCUT2D eigenvalue weighted by Gasteiger charge is 2.38. The summed E-state index contributed by atoms with van der Waals surface area (Å²) in [5.74, 6) is 2.05. The van der Waals surface area contributed by atoms with Gasteiger partial charge in [0.2, 0.25) is 0 Å². The molecule has 1 aromatic rings. The van der Waals surface area contributed by atoms with E-state index in [1.54, 1.807) is 0 Å². The minimum atomic E-state index is 0.238. The minimum Gasteiger partial charge on any atom is -0.335 e. The molecule has 2 aliphatic rings. The van der Waals surface area contributed by atoms with Crippen molar-refractivity contribution in [1.29, 1.82) is 0 Å². The van der Waals surface area contributed by atoms with Crippen molar-refractivity contribution in [2.24, 2.45) is 10.9 Å². The highest BCUT2D eigenvalue weighted by atomic mass is 32.2. The first-order chi connectivity index (χ1) is 10.2. The molecule has 0 saturated heterocycles. The van der Waals surface area contributed by atoms with E-state index in [1.807, 2.05) is 11.8 Å². The molecule has 2 nitrogen and oxygen atoms in total. The van der Waals surface area contributed by atoms with E-state index in [2.05, 4.69) is 43.4 Å². The molecule has 0 atom stereocenters. The maximum absolute atomic E-state index is 5.04. The van der Waals surface area contributed by atoms with Crippen LogP contribution in [0, 0.1) is 5.92 Å². The van der Waals surface area contributed by atoms with Gasteiger partial charge in [-0.25, -0.2) is 0 Å². The van der Waals surface area contributed by atoms with E-state index in [1.165, 1.54) is 43.4 Å². The molecule has 3 heteroatoms. The van der Waals surface area contributed by atoms with Crippen LogP contribution in [0.3, 0.4) is 0 Å². The van der Waals surface area contributed by atoms with Crippen LogP contribution in [0.1, 0.15) is 51.5 Å². The zero-order valence-corrected chi connectivity index (χ0v) is 14.0. The quantitative estimate of drug-likeness (QED) is 0.839. The van der Waals surface area contributed by atoms with Crippen molar-refractivity contribution in [3.63, 3.8) is 0 Å². The fourth-order valence-electron chi connectivity index (χ4n) is 3.27. The number of hydrogen-bond donors (Lipinski definition) is 1. The first-order valence-corrected chi connectivity index (χ1v) is 9.26. The Morgan fingerprint density at radius 3 is 2.62 bits per heavy atom. The normalized spacial score (nSPS) is 28.7. The summed E-state index contributed by atoms with van der Waals surface area (Å²) >= 11 is 1.90. The second-order valence-corrected chi connectivity index (χ2v) is 7.65. The van der Waals surface area contributed by atoms with E-state index in [4.69, 9.17) is 4.99 Å². The second-order valence-electron chi connectivity index (χ2n) is 6.68. The summed E-state index contributed by atoms with van der Waals surface area (Å²) in [6.45, 7) is 4.59. The third-order valence-corrected chi connectivity index (χ3v) is 5.91. The summed E-state index contributed by atoms with van der Waals surface area (Å²) in [4.78, 5) is 5.04. The monoisotopic (exact) mass is 302 g/mol. The number of hydrogen-bond acceptors (Lipinski definition) is 3. The van der Waals surface area contributed by atoms with E-state index in [9.17, 15) is 0 Å². The van der Waals surface area contributed by atoms with Gasteiger partial charge in [0, 0.05) is 11.4 Å². The molecule has 0 amide bonds. The fourth-order valence-corrected chi connectivity index (χ4v) is 4.48. The Bertz CT molecular complexity index is 498. The van der Waals surface area contributed by atoms with Crippen LogP contribution < -0.4 is 5.32 Å². The Labute approximate surface area is 132 Å². The van der Waals surface area contributed by atoms with Gasteiger partial charge in [0.15, 0.2) is 5.17 Å². The van der Waals surface area contributed by atoms with Crippen molar-refractivity contribution >= 4 is 22.6 Å². The van der Waals surface area contributed by atoms with Crippen LogP contribution in [-0.2, 0) is 6.42 Å². The molecule has 114 valence electrons. The van der Waals surface area contributed by atoms with Gasteiger partial charge in [0.05, 0.1) is 5.54 Å². The molecule has 21 heavy (non-hydrogen) atoms. The maximum Gasteiger partial charge on any atom is 0.161 e. The van der Waals surface area contributed by atoms with Crippen molar-refractivity contribution in [3.8, 4) is 0 Å². The molecule has 1 N–H and O–H groups in total. The number of nitrogens with one attached hydrogen (secondary N) is 1. The molecule has 1 aromatic carbocycles. The average Bonchev–Trinajstić information content (AvgIpc) is 2.88. The molecule has 1 fully saturated rings. The van der Waals surface area contributed by atoms with Gasteiger partial charge >= 0.3 is 0 Å². The van der Waals surface area contributed by atoms with Gasteiger partial charge in [-0.1, -0.05) is 44.2 Å². The van der Waals surface area contributed by atoms with Crippen molar-refractivity contribution in [1.82, 2.24) is 0 Å². The van der Waals surface area contributed by atoms with Crippen LogP contribution in [0.2, 0.25) is 0 Å². The number of anilines is 1. The van der Waals surface area contributed by atoms with Gasteiger partial charge < -0.3 is 5.32 Å². The Morgan fingerprint density at radius 1 is 1.24 bits per heavy atom. The van der Waals surface area contributed by atoms with Crippen LogP contribution in [0.25, 0.3) is 0 Å². The lowest BCUT2D eigenvalue weighted by atomic mass is 9.79. The van der Waals surface area contributed by atoms with Crippen LogP contribution >= 0.6 is 11.8 Å². The summed E-state index contributed by atoms with van der Waals surface area (Å²) < 4.78 is 0. The van der Waals surface area contributed by atoms with Gasteiger partial charge in [-0.3, -0.25) is 4.99 Å². The first kappa shape index (κ1) is 15.0. The maximum atomic E-state index is 5.04. The van der Waals surface area contributed by atoms with E-state index < -0.39 is 0 Å². The molecule has 0 bridgehead atoms. The number of benzene rings is 1. The third-order valence-electron chi connectivity index (χ3n) is 4.77. The molecule has 0 unspecified atom stereocenters. The third kappa shape index (κ3) is 3.63. The van der Waals surface area contributed by atoms with Gasteiger partial charge in [0.25, 0.3) is 0 Å². The van der Waals surface area contributed by atoms with Gasteiger partial charge in [-0.05, 0) is 55.7 Å². The van der Waals surface area contributed by atoms with Crippen LogP contribution in [0.15, 0.2) is 29.3 Å². The van der Waals surface area contributed by atoms with E-state index >= 15 is 0 Å². The zero-order chi connectivity index (χ0) is 14.7. The highest BCUT2D eigenvalue weighted by molar-refractivity contribution is 8.14. The minimum absolute atomic E-state index is 0.238. The van der Waals surface area contributed by atoms with Gasteiger partial charge in [-0.2, -0.15) is 0 Å². The lowest BCUT2D eigenvalue weighted by molar-refractivity contribution is 0.273. The summed E-state index contributed by atoms with van der Waals surface area (Å²) in [6.07, 6.45) is 7.57. The Kier molecular flexibility index (Phi) is 4.58. The van der Waals surface area contributed by atoms with Crippen LogP contribution in [-0.4, -0.2) is 16.5 Å². The fraction of sp³-hybridized carbons (Fsp3) is 0.611. The lowest BCUT2D eigenvalue weighted by Crippen LogP contribution is -2.32. The lowest BCUT2D eigenvalue weighted by Gasteiger charge is -2.32. The zero-order valence-electron chi connectivity index (χ0n) is 13.2. The smallest absolute Gasteiger partial charge is 0.161 e. The molecule has 0 radical (unpaired) electrons. The van der Waals surface area contributed by atoms with Gasteiger partial charge in [-0.15, -0.1) is 0 Å². The van der Waals surface area contributed by atoms with Gasteiger partial charge in [0.1, 0.15) is 0 Å². The molecule has 3 rings (SSSR count). The molecular formula is C18H26N2S. The standard InChI is InChI=1S/C18H26N2S/c1-3-4-15-5-7-16(8-6-15)19-17-20-18(13-21-17)11-9-14(2)10-12-18/h5-8,14H,3-4,9-13H2,1-2H3,(H,19,20). The highest BCUT2D eigenvalue weighted by Crippen LogP contribution is 2.41. The topological polar surface area (TPSA) is 24.4 Å². The number of aliphatic imine (C=N–C) groups is 1. The van der Waals surface area contributed by atoms with E-state index in [0.717, 1.165) is 23.3 Å². The van der Waals surface area contributed by atoms with Crippen molar-refractivity contribution < 1.29 is 0 Å².